The lowest BCUT2D eigenvalue weighted by Gasteiger charge is -2.39. The highest BCUT2D eigenvalue weighted by Gasteiger charge is 2.45. The van der Waals surface area contributed by atoms with Gasteiger partial charge in [-0.2, -0.15) is 0 Å². The van der Waals surface area contributed by atoms with Crippen LogP contribution in [0.25, 0.3) is 6.08 Å². The number of hydrogen-bond donors (Lipinski definition) is 6. The van der Waals surface area contributed by atoms with Crippen LogP contribution in [0.3, 0.4) is 0 Å². The predicted octanol–water partition coefficient (Wildman–Crippen LogP) is -0.0987. The molecule has 2 aliphatic heterocycles. The Hall–Kier alpha value is -3.35. The van der Waals surface area contributed by atoms with E-state index in [2.05, 4.69) is 0 Å². The van der Waals surface area contributed by atoms with E-state index in [0.29, 0.717) is 5.56 Å². The molecule has 0 unspecified atom stereocenters. The monoisotopic (exact) mass is 462 g/mol. The molecule has 4 rings (SSSR count). The lowest BCUT2D eigenvalue weighted by molar-refractivity contribution is -0.277. The van der Waals surface area contributed by atoms with Gasteiger partial charge in [0.15, 0.2) is 28.8 Å². The molecule has 2 aromatic rings. The van der Waals surface area contributed by atoms with E-state index in [4.69, 9.17) is 18.9 Å². The third-order valence-corrected chi connectivity index (χ3v) is 5.35. The van der Waals surface area contributed by atoms with Gasteiger partial charge in [0.2, 0.25) is 17.8 Å². The molecule has 11 heteroatoms. The smallest absolute Gasteiger partial charge is 0.232 e. The average Bonchev–Trinajstić information content (AvgIpc) is 3.11. The quantitative estimate of drug-likeness (QED) is 0.258. The van der Waals surface area contributed by atoms with Crippen LogP contribution in [0.1, 0.15) is 15.9 Å². The summed E-state index contributed by atoms with van der Waals surface area (Å²) in [7, 11) is 1.31. The maximum atomic E-state index is 12.8. The second-order valence-electron chi connectivity index (χ2n) is 7.48. The van der Waals surface area contributed by atoms with Crippen LogP contribution in [0.4, 0.5) is 0 Å². The Bertz CT molecular complexity index is 1090. The van der Waals surface area contributed by atoms with Gasteiger partial charge >= 0.3 is 0 Å². The van der Waals surface area contributed by atoms with Gasteiger partial charge in [0.05, 0.1) is 19.3 Å². The maximum Gasteiger partial charge on any atom is 0.232 e. The first-order valence-corrected chi connectivity index (χ1v) is 9.89. The van der Waals surface area contributed by atoms with Crippen LogP contribution in [0.2, 0.25) is 0 Å². The Kier molecular flexibility index (Phi) is 6.15. The zero-order valence-corrected chi connectivity index (χ0v) is 17.3. The number of aliphatic hydroxyl groups is 4. The first-order chi connectivity index (χ1) is 15.7. The van der Waals surface area contributed by atoms with Crippen LogP contribution in [0, 0.1) is 0 Å². The van der Waals surface area contributed by atoms with Gasteiger partial charge in [-0.25, -0.2) is 0 Å². The normalized spacial score (nSPS) is 27.8. The van der Waals surface area contributed by atoms with Gasteiger partial charge in [0.1, 0.15) is 24.4 Å². The molecule has 1 fully saturated rings. The number of aliphatic hydroxyl groups excluding tert-OH is 4. The summed E-state index contributed by atoms with van der Waals surface area (Å²) in [5, 5.41) is 58.5. The Morgan fingerprint density at radius 1 is 1.03 bits per heavy atom. The number of ketones is 1. The number of Topliss-reactive ketones (excluding diaryl/α,β-unsaturated/α-hetero) is 1. The second kappa shape index (κ2) is 8.89. The van der Waals surface area contributed by atoms with Gasteiger partial charge in [-0.15, -0.1) is 0 Å². The van der Waals surface area contributed by atoms with E-state index in [-0.39, 0.29) is 40.1 Å². The lowest BCUT2D eigenvalue weighted by Crippen LogP contribution is -2.60. The van der Waals surface area contributed by atoms with Crippen molar-refractivity contribution >= 4 is 11.9 Å². The number of allylic oxidation sites excluding steroid dienone is 1. The minimum absolute atomic E-state index is 0.00904. The lowest BCUT2D eigenvalue weighted by atomic mass is 9.99. The van der Waals surface area contributed by atoms with E-state index in [1.807, 2.05) is 0 Å². The van der Waals surface area contributed by atoms with Crippen molar-refractivity contribution in [3.05, 3.63) is 47.2 Å². The predicted molar refractivity (Wildman–Crippen MR) is 110 cm³/mol. The Morgan fingerprint density at radius 2 is 1.79 bits per heavy atom. The van der Waals surface area contributed by atoms with Crippen LogP contribution in [-0.4, -0.2) is 80.8 Å². The zero-order chi connectivity index (χ0) is 23.9. The Balaban J connectivity index is 1.62. The summed E-state index contributed by atoms with van der Waals surface area (Å²) in [4.78, 5) is 12.8. The van der Waals surface area contributed by atoms with Crippen molar-refractivity contribution in [2.75, 3.05) is 13.7 Å². The molecule has 1 saturated heterocycles. The molecule has 33 heavy (non-hydrogen) atoms. The highest BCUT2D eigenvalue weighted by atomic mass is 16.7. The largest absolute Gasteiger partial charge is 0.504 e. The Labute approximate surface area is 187 Å². The van der Waals surface area contributed by atoms with Crippen molar-refractivity contribution in [1.82, 2.24) is 0 Å². The number of fused-ring (bicyclic) bond motifs is 1. The number of benzene rings is 2. The van der Waals surface area contributed by atoms with Crippen LogP contribution < -0.4 is 14.2 Å². The molecule has 0 aliphatic carbocycles. The number of ether oxygens (including phenoxy) is 4. The number of hydrogen-bond acceptors (Lipinski definition) is 11. The Morgan fingerprint density at radius 3 is 2.45 bits per heavy atom. The second-order valence-corrected chi connectivity index (χ2v) is 7.48. The molecular formula is C22H22O11. The maximum absolute atomic E-state index is 12.8. The van der Waals surface area contributed by atoms with Gasteiger partial charge in [-0.3, -0.25) is 4.79 Å². The van der Waals surface area contributed by atoms with Crippen molar-refractivity contribution in [1.29, 1.82) is 0 Å². The van der Waals surface area contributed by atoms with E-state index in [1.54, 1.807) is 0 Å². The van der Waals surface area contributed by atoms with Gasteiger partial charge in [-0.05, 0) is 35.9 Å². The standard InChI is InChI=1S/C22H22O11/c1-30-21-13(32-22-19(29)18(28)17(27)15(8-23)33-22)5-3-10-16(26)14(31-20(10)21)7-9-2-4-11(24)12(25)6-9/h2-7,15,17-19,22-25,27-29H,8H2,1H3/b14-7+/t15-,17-,18-,19-,22-/m1/s1. The van der Waals surface area contributed by atoms with E-state index in [9.17, 15) is 35.4 Å². The van der Waals surface area contributed by atoms with Gasteiger partial charge in [-0.1, -0.05) is 6.07 Å². The molecular weight excluding hydrogens is 440 g/mol. The van der Waals surface area contributed by atoms with Crippen molar-refractivity contribution < 1.29 is 54.4 Å². The van der Waals surface area contributed by atoms with Crippen LogP contribution in [-0.2, 0) is 4.74 Å². The van der Waals surface area contributed by atoms with Crippen molar-refractivity contribution in [3.8, 4) is 28.7 Å². The van der Waals surface area contributed by atoms with Crippen molar-refractivity contribution in [3.63, 3.8) is 0 Å². The highest BCUT2D eigenvalue weighted by molar-refractivity contribution is 6.15. The summed E-state index contributed by atoms with van der Waals surface area (Å²) in [6, 6.07) is 6.80. The fourth-order valence-electron chi connectivity index (χ4n) is 3.57. The van der Waals surface area contributed by atoms with E-state index >= 15 is 0 Å². The average molecular weight is 462 g/mol. The summed E-state index contributed by atoms with van der Waals surface area (Å²) in [5.74, 6) is -1.14. The first kappa shape index (κ1) is 22.8. The van der Waals surface area contributed by atoms with E-state index in [0.717, 1.165) is 0 Å². The number of aromatic hydroxyl groups is 2. The summed E-state index contributed by atoms with van der Waals surface area (Å²) in [5.41, 5.74) is 0.570. The molecule has 0 bridgehead atoms. The topological polar surface area (TPSA) is 175 Å². The van der Waals surface area contributed by atoms with Crippen LogP contribution in [0.15, 0.2) is 36.1 Å². The molecule has 0 aromatic heterocycles. The summed E-state index contributed by atoms with van der Waals surface area (Å²) >= 11 is 0. The summed E-state index contributed by atoms with van der Waals surface area (Å²) in [6.45, 7) is -0.620. The minimum Gasteiger partial charge on any atom is -0.504 e. The molecule has 0 amide bonds. The van der Waals surface area contributed by atoms with Gasteiger partial charge in [0.25, 0.3) is 0 Å². The zero-order valence-electron chi connectivity index (χ0n) is 17.3. The third kappa shape index (κ3) is 4.08. The van der Waals surface area contributed by atoms with Gasteiger partial charge < -0.3 is 49.6 Å². The molecule has 11 nitrogen and oxygen atoms in total. The molecule has 0 radical (unpaired) electrons. The number of phenols is 2. The number of phenolic OH excluding ortho intramolecular Hbond substituents is 2. The molecule has 6 N–H and O–H groups in total. The number of carbonyl (C=O) groups is 1. The van der Waals surface area contributed by atoms with E-state index < -0.39 is 43.1 Å². The fraction of sp³-hybridized carbons (Fsp3) is 0.318. The summed E-state index contributed by atoms with van der Waals surface area (Å²) < 4.78 is 22.0. The molecule has 2 aromatic carbocycles. The SMILES string of the molecule is COc1c(O[C@@H]2O[C@H](CO)[C@@H](O)[C@@H](O)[C@H]2O)ccc2c1O/C(=C/c1ccc(O)c(O)c1)C2=O. The van der Waals surface area contributed by atoms with Crippen LogP contribution in [0.5, 0.6) is 28.7 Å². The van der Waals surface area contributed by atoms with Crippen molar-refractivity contribution in [2.45, 2.75) is 30.7 Å². The molecule has 176 valence electrons. The molecule has 2 heterocycles. The van der Waals surface area contributed by atoms with Crippen molar-refractivity contribution in [2.24, 2.45) is 0 Å². The van der Waals surface area contributed by atoms with Crippen LogP contribution >= 0.6 is 0 Å². The molecule has 0 saturated carbocycles. The third-order valence-electron chi connectivity index (χ3n) is 5.35. The number of carbonyl (C=O) groups excluding carboxylic acids is 1. The number of rotatable bonds is 5. The molecule has 5 atom stereocenters. The number of methoxy groups -OCH3 is 1. The molecule has 0 spiro atoms. The van der Waals surface area contributed by atoms with Gasteiger partial charge in [0, 0.05) is 0 Å². The molecule has 2 aliphatic rings. The first-order valence-electron chi connectivity index (χ1n) is 9.89. The minimum atomic E-state index is -1.64. The fourth-order valence-corrected chi connectivity index (χ4v) is 3.57. The van der Waals surface area contributed by atoms with E-state index in [1.165, 1.54) is 43.5 Å². The summed E-state index contributed by atoms with van der Waals surface area (Å²) in [6.07, 6.45) is -6.06. The highest BCUT2D eigenvalue weighted by Crippen LogP contribution is 2.46.